The average Bonchev–Trinajstić information content (AvgIpc) is 3.05. The van der Waals surface area contributed by atoms with Crippen LogP contribution in [-0.4, -0.2) is 99.7 Å². The fourth-order valence-electron chi connectivity index (χ4n) is 7.59. The molecular formula is C35H48N8O4S. The first-order valence-electron chi connectivity index (χ1n) is 17.0. The van der Waals surface area contributed by atoms with Gasteiger partial charge in [-0.25, -0.2) is 18.4 Å². The van der Waals surface area contributed by atoms with E-state index < -0.39 is 15.6 Å². The Hall–Kier alpha value is -3.81. The van der Waals surface area contributed by atoms with Gasteiger partial charge in [0.05, 0.1) is 23.9 Å². The average molecular weight is 677 g/mol. The minimum Gasteiger partial charge on any atom is -0.390 e. The molecule has 12 nitrogen and oxygen atoms in total. The highest BCUT2D eigenvalue weighted by Crippen LogP contribution is 2.42. The smallest absolute Gasteiger partial charge is 0.246 e. The Labute approximate surface area is 283 Å². The topological polar surface area (TPSA) is 135 Å². The molecule has 0 saturated carbocycles. The lowest BCUT2D eigenvalue weighted by molar-refractivity contribution is -0.129. The quantitative estimate of drug-likeness (QED) is 0.310. The predicted octanol–water partition coefficient (Wildman–Crippen LogP) is 4.61. The Morgan fingerprint density at radius 2 is 1.88 bits per heavy atom. The van der Waals surface area contributed by atoms with Crippen molar-refractivity contribution in [3.8, 4) is 0 Å². The lowest BCUT2D eigenvalue weighted by Gasteiger charge is -2.53. The summed E-state index contributed by atoms with van der Waals surface area (Å²) in [6.07, 6.45) is 10.4. The third-order valence-electron chi connectivity index (χ3n) is 10.2. The molecule has 3 atom stereocenters. The van der Waals surface area contributed by atoms with Gasteiger partial charge in [0.2, 0.25) is 21.9 Å². The molecule has 3 fully saturated rings. The van der Waals surface area contributed by atoms with E-state index >= 15 is 0 Å². The fraction of sp³-hybridized carbons (Fsp3) is 0.543. The second kappa shape index (κ2) is 13.2. The van der Waals surface area contributed by atoms with Gasteiger partial charge in [-0.15, -0.1) is 0 Å². The normalized spacial score (nSPS) is 23.0. The van der Waals surface area contributed by atoms with Crippen LogP contribution < -0.4 is 15.1 Å². The van der Waals surface area contributed by atoms with E-state index in [4.69, 9.17) is 9.97 Å². The van der Waals surface area contributed by atoms with Gasteiger partial charge in [-0.1, -0.05) is 12.6 Å². The molecule has 0 unspecified atom stereocenters. The summed E-state index contributed by atoms with van der Waals surface area (Å²) in [5.41, 5.74) is 1.36. The van der Waals surface area contributed by atoms with Gasteiger partial charge >= 0.3 is 0 Å². The standard InChI is InChI=1S/C35H48N8O4S/c1-7-33(44)41-17-9-8-10-28(41)25-11-12-29(42-22-30(24(42)4)43(23(2)3)48(6,46)47)27-21-37-32(20-26(25)27)38-31-13-16-36-34(39-31)40-18-14-35(5,45)15-19-40/h7,11-13,16,20-21,23-24,28,30,45H,1,8-10,14-15,17-19,22H2,2-6H3,(H,36,37,38,39)/t24-,28-,30+/m1/s1. The summed E-state index contributed by atoms with van der Waals surface area (Å²) in [6.45, 7) is 14.1. The highest BCUT2D eigenvalue weighted by molar-refractivity contribution is 7.88. The zero-order chi connectivity index (χ0) is 34.4. The van der Waals surface area contributed by atoms with E-state index in [1.807, 2.05) is 44.0 Å². The number of rotatable bonds is 9. The number of fused-ring (bicyclic) bond motifs is 1. The highest BCUT2D eigenvalue weighted by Gasteiger charge is 2.44. The first-order chi connectivity index (χ1) is 22.8. The number of amides is 1. The maximum absolute atomic E-state index is 13.0. The molecule has 3 aliphatic rings. The predicted molar refractivity (Wildman–Crippen MR) is 190 cm³/mol. The van der Waals surface area contributed by atoms with Crippen molar-refractivity contribution in [2.75, 3.05) is 47.6 Å². The maximum Gasteiger partial charge on any atom is 0.246 e. The number of sulfonamides is 1. The summed E-state index contributed by atoms with van der Waals surface area (Å²) in [5.74, 6) is 1.75. The molecule has 13 heteroatoms. The lowest BCUT2D eigenvalue weighted by Crippen LogP contribution is -2.68. The Bertz CT molecular complexity index is 1790. The molecule has 1 amide bonds. The number of hydrogen-bond donors (Lipinski definition) is 2. The fourth-order valence-corrected chi connectivity index (χ4v) is 9.10. The van der Waals surface area contributed by atoms with Crippen molar-refractivity contribution in [3.63, 3.8) is 0 Å². The van der Waals surface area contributed by atoms with Crippen LogP contribution in [0.3, 0.4) is 0 Å². The van der Waals surface area contributed by atoms with Crippen molar-refractivity contribution >= 4 is 50.0 Å². The van der Waals surface area contributed by atoms with Gasteiger partial charge in [0.25, 0.3) is 0 Å². The van der Waals surface area contributed by atoms with E-state index in [9.17, 15) is 18.3 Å². The zero-order valence-corrected chi connectivity index (χ0v) is 29.4. The number of hydrogen-bond acceptors (Lipinski definition) is 10. The van der Waals surface area contributed by atoms with E-state index in [0.29, 0.717) is 56.6 Å². The first kappa shape index (κ1) is 34.1. The monoisotopic (exact) mass is 676 g/mol. The number of anilines is 4. The van der Waals surface area contributed by atoms with Crippen LogP contribution in [0.25, 0.3) is 10.8 Å². The minimum absolute atomic E-state index is 0.0413. The van der Waals surface area contributed by atoms with Crippen LogP contribution in [-0.2, 0) is 14.8 Å². The summed E-state index contributed by atoms with van der Waals surface area (Å²) in [4.78, 5) is 33.3. The van der Waals surface area contributed by atoms with E-state index in [2.05, 4.69) is 45.7 Å². The van der Waals surface area contributed by atoms with E-state index in [1.165, 1.54) is 12.3 Å². The van der Waals surface area contributed by atoms with Gasteiger partial charge in [-0.2, -0.15) is 9.29 Å². The van der Waals surface area contributed by atoms with Crippen molar-refractivity contribution in [3.05, 3.63) is 54.9 Å². The molecule has 48 heavy (non-hydrogen) atoms. The van der Waals surface area contributed by atoms with Crippen molar-refractivity contribution in [2.45, 2.75) is 89.6 Å². The van der Waals surface area contributed by atoms with Crippen molar-refractivity contribution in [1.82, 2.24) is 24.2 Å². The van der Waals surface area contributed by atoms with Crippen molar-refractivity contribution in [2.24, 2.45) is 0 Å². The Kier molecular flexibility index (Phi) is 9.40. The summed E-state index contributed by atoms with van der Waals surface area (Å²) < 4.78 is 27.0. The molecule has 2 N–H and O–H groups in total. The van der Waals surface area contributed by atoms with Gasteiger partial charge in [-0.3, -0.25) is 4.79 Å². The molecule has 3 saturated heterocycles. The van der Waals surface area contributed by atoms with Crippen LogP contribution in [0.15, 0.2) is 49.3 Å². The number of aliphatic hydroxyl groups is 1. The largest absolute Gasteiger partial charge is 0.390 e. The number of pyridine rings is 1. The van der Waals surface area contributed by atoms with Gasteiger partial charge in [0.1, 0.15) is 11.6 Å². The molecule has 0 aliphatic carbocycles. The third kappa shape index (κ3) is 6.72. The van der Waals surface area contributed by atoms with Crippen LogP contribution in [0.4, 0.5) is 23.3 Å². The number of carbonyl (C=O) groups is 1. The van der Waals surface area contributed by atoms with Gasteiger partial charge in [0.15, 0.2) is 0 Å². The first-order valence-corrected chi connectivity index (χ1v) is 18.8. The minimum atomic E-state index is -3.38. The molecule has 258 valence electrons. The van der Waals surface area contributed by atoms with Crippen LogP contribution in [0.5, 0.6) is 0 Å². The Morgan fingerprint density at radius 1 is 1.12 bits per heavy atom. The van der Waals surface area contributed by atoms with E-state index in [-0.39, 0.29) is 30.1 Å². The summed E-state index contributed by atoms with van der Waals surface area (Å²) in [5, 5.41) is 15.7. The van der Waals surface area contributed by atoms with Gasteiger partial charge in [-0.05, 0) is 95.0 Å². The van der Waals surface area contributed by atoms with Gasteiger partial charge in [0, 0.05) is 61.7 Å². The third-order valence-corrected chi connectivity index (χ3v) is 11.7. The zero-order valence-electron chi connectivity index (χ0n) is 28.6. The number of aromatic nitrogens is 3. The molecule has 1 aromatic carbocycles. The number of likely N-dealkylation sites (tertiary alicyclic amines) is 1. The SMILES string of the molecule is C=CC(=O)N1CCCC[C@@H]1c1ccc(N2C[C@H](N(C(C)C)S(C)(=O)=O)[C@H]2C)c2cnc(Nc3ccnc(N4CCC(C)(O)CC4)n3)cc12. The second-order valence-corrected chi connectivity index (χ2v) is 15.9. The number of piperidine rings is 2. The Balaban J connectivity index is 1.36. The molecular weight excluding hydrogens is 629 g/mol. The lowest BCUT2D eigenvalue weighted by atomic mass is 9.89. The number of benzene rings is 1. The molecule has 0 spiro atoms. The van der Waals surface area contributed by atoms with Crippen LogP contribution in [0.2, 0.25) is 0 Å². The molecule has 0 bridgehead atoms. The van der Waals surface area contributed by atoms with Crippen molar-refractivity contribution < 1.29 is 18.3 Å². The maximum atomic E-state index is 13.0. The number of nitrogens with zero attached hydrogens (tertiary/aromatic N) is 7. The van der Waals surface area contributed by atoms with Crippen LogP contribution in [0, 0.1) is 0 Å². The summed E-state index contributed by atoms with van der Waals surface area (Å²) >= 11 is 0. The second-order valence-electron chi connectivity index (χ2n) is 14.0. The Morgan fingerprint density at radius 3 is 2.54 bits per heavy atom. The van der Waals surface area contributed by atoms with E-state index in [0.717, 1.165) is 41.3 Å². The van der Waals surface area contributed by atoms with E-state index in [1.54, 1.807) is 10.5 Å². The molecule has 0 radical (unpaired) electrons. The molecule has 3 aliphatic heterocycles. The van der Waals surface area contributed by atoms with Crippen LogP contribution >= 0.6 is 0 Å². The van der Waals surface area contributed by atoms with Crippen LogP contribution in [0.1, 0.15) is 71.4 Å². The molecule has 2 aromatic heterocycles. The highest BCUT2D eigenvalue weighted by atomic mass is 32.2. The molecule has 5 heterocycles. The van der Waals surface area contributed by atoms with Crippen molar-refractivity contribution in [1.29, 1.82) is 0 Å². The molecule has 6 rings (SSSR count). The number of carbonyl (C=O) groups excluding carboxylic acids is 1. The molecule has 3 aromatic rings. The summed E-state index contributed by atoms with van der Waals surface area (Å²) in [7, 11) is -3.38. The summed E-state index contributed by atoms with van der Waals surface area (Å²) in [6, 6.07) is 7.61. The van der Waals surface area contributed by atoms with Gasteiger partial charge < -0.3 is 25.1 Å². The number of nitrogens with one attached hydrogen (secondary N) is 1.